The quantitative estimate of drug-likeness (QED) is 0.827. The first kappa shape index (κ1) is 15.2. The highest BCUT2D eigenvalue weighted by Gasteiger charge is 2.33. The molecule has 0 fully saturated rings. The van der Waals surface area contributed by atoms with Crippen LogP contribution in [0.3, 0.4) is 0 Å². The van der Waals surface area contributed by atoms with Crippen molar-refractivity contribution in [2.24, 2.45) is 0 Å². The minimum absolute atomic E-state index is 0.208. The molecule has 1 rings (SSSR count). The van der Waals surface area contributed by atoms with Crippen LogP contribution in [0.4, 0.5) is 0 Å². The SMILES string of the molecule is CCCC(C)(NC(=O)Cc1ccccc1C)C(=O)O. The third-order valence-corrected chi connectivity index (χ3v) is 3.25. The summed E-state index contributed by atoms with van der Waals surface area (Å²) in [5, 5.41) is 11.8. The molecule has 1 atom stereocenters. The van der Waals surface area contributed by atoms with Gasteiger partial charge in [-0.2, -0.15) is 0 Å². The summed E-state index contributed by atoms with van der Waals surface area (Å²) in [4.78, 5) is 23.2. The van der Waals surface area contributed by atoms with Gasteiger partial charge in [0.05, 0.1) is 6.42 Å². The van der Waals surface area contributed by atoms with E-state index in [1.54, 1.807) is 6.92 Å². The van der Waals surface area contributed by atoms with E-state index in [0.29, 0.717) is 12.8 Å². The Hall–Kier alpha value is -1.84. The van der Waals surface area contributed by atoms with Crippen LogP contribution in [0.25, 0.3) is 0 Å². The average Bonchev–Trinajstić information content (AvgIpc) is 2.32. The Morgan fingerprint density at radius 1 is 1.32 bits per heavy atom. The van der Waals surface area contributed by atoms with Crippen molar-refractivity contribution in [3.63, 3.8) is 0 Å². The number of carboxylic acids is 1. The summed E-state index contributed by atoms with van der Waals surface area (Å²) >= 11 is 0. The monoisotopic (exact) mass is 263 g/mol. The molecular weight excluding hydrogens is 242 g/mol. The van der Waals surface area contributed by atoms with E-state index in [1.807, 2.05) is 38.1 Å². The molecule has 0 radical (unpaired) electrons. The van der Waals surface area contributed by atoms with Crippen molar-refractivity contribution in [2.75, 3.05) is 0 Å². The maximum atomic E-state index is 12.0. The molecule has 19 heavy (non-hydrogen) atoms. The van der Waals surface area contributed by atoms with Gasteiger partial charge in [-0.3, -0.25) is 4.79 Å². The molecule has 0 aliphatic carbocycles. The standard InChI is InChI=1S/C15H21NO3/c1-4-9-15(3,14(18)19)16-13(17)10-12-8-6-5-7-11(12)2/h5-8H,4,9-10H2,1-3H3,(H,16,17)(H,18,19). The van der Waals surface area contributed by atoms with Gasteiger partial charge in [0.2, 0.25) is 5.91 Å². The molecule has 4 nitrogen and oxygen atoms in total. The van der Waals surface area contributed by atoms with Crippen LogP contribution in [0.5, 0.6) is 0 Å². The number of carboxylic acid groups (broad SMARTS) is 1. The molecule has 0 saturated heterocycles. The maximum Gasteiger partial charge on any atom is 0.329 e. The first-order chi connectivity index (χ1) is 8.89. The number of rotatable bonds is 6. The van der Waals surface area contributed by atoms with Gasteiger partial charge in [0.15, 0.2) is 0 Å². The lowest BCUT2D eigenvalue weighted by atomic mass is 9.95. The lowest BCUT2D eigenvalue weighted by Crippen LogP contribution is -2.52. The summed E-state index contributed by atoms with van der Waals surface area (Å²) in [6, 6.07) is 7.60. The first-order valence-electron chi connectivity index (χ1n) is 6.48. The molecule has 4 heteroatoms. The zero-order valence-electron chi connectivity index (χ0n) is 11.7. The van der Waals surface area contributed by atoms with Gasteiger partial charge in [-0.15, -0.1) is 0 Å². The number of aliphatic carboxylic acids is 1. The van der Waals surface area contributed by atoms with Gasteiger partial charge in [-0.05, 0) is 31.4 Å². The lowest BCUT2D eigenvalue weighted by molar-refractivity contribution is -0.147. The number of carbonyl (C=O) groups is 2. The van der Waals surface area contributed by atoms with Crippen LogP contribution in [-0.4, -0.2) is 22.5 Å². The van der Waals surface area contributed by atoms with Gasteiger partial charge in [0.1, 0.15) is 5.54 Å². The number of hydrogen-bond donors (Lipinski definition) is 2. The molecule has 0 bridgehead atoms. The summed E-state index contributed by atoms with van der Waals surface area (Å²) in [6.45, 7) is 5.38. The molecule has 0 spiro atoms. The van der Waals surface area contributed by atoms with Crippen LogP contribution in [0.1, 0.15) is 37.8 Å². The molecule has 2 N–H and O–H groups in total. The summed E-state index contributed by atoms with van der Waals surface area (Å²) < 4.78 is 0. The van der Waals surface area contributed by atoms with Crippen LogP contribution in [0.2, 0.25) is 0 Å². The van der Waals surface area contributed by atoms with E-state index in [1.165, 1.54) is 0 Å². The van der Waals surface area contributed by atoms with E-state index in [9.17, 15) is 14.7 Å². The molecule has 0 saturated carbocycles. The second-order valence-corrected chi connectivity index (χ2v) is 5.04. The van der Waals surface area contributed by atoms with Crippen molar-refractivity contribution in [1.82, 2.24) is 5.32 Å². The number of benzene rings is 1. The van der Waals surface area contributed by atoms with Gasteiger partial charge >= 0.3 is 5.97 Å². The molecule has 104 valence electrons. The van der Waals surface area contributed by atoms with Crippen LogP contribution in [-0.2, 0) is 16.0 Å². The van der Waals surface area contributed by atoms with Crippen molar-refractivity contribution in [3.8, 4) is 0 Å². The number of amides is 1. The van der Waals surface area contributed by atoms with Gasteiger partial charge in [-0.1, -0.05) is 37.6 Å². The third kappa shape index (κ3) is 4.09. The number of nitrogens with one attached hydrogen (secondary N) is 1. The lowest BCUT2D eigenvalue weighted by Gasteiger charge is -2.25. The van der Waals surface area contributed by atoms with Crippen molar-refractivity contribution in [1.29, 1.82) is 0 Å². The molecule has 0 heterocycles. The average molecular weight is 263 g/mol. The predicted molar refractivity (Wildman–Crippen MR) is 74.0 cm³/mol. The Morgan fingerprint density at radius 3 is 2.47 bits per heavy atom. The van der Waals surface area contributed by atoms with Crippen molar-refractivity contribution in [3.05, 3.63) is 35.4 Å². The van der Waals surface area contributed by atoms with Crippen molar-refractivity contribution < 1.29 is 14.7 Å². The Balaban J connectivity index is 2.74. The highest BCUT2D eigenvalue weighted by atomic mass is 16.4. The van der Waals surface area contributed by atoms with E-state index in [4.69, 9.17) is 0 Å². The summed E-state index contributed by atoms with van der Waals surface area (Å²) in [5.74, 6) is -1.25. The van der Waals surface area contributed by atoms with Crippen LogP contribution in [0.15, 0.2) is 24.3 Å². The van der Waals surface area contributed by atoms with Gasteiger partial charge in [0, 0.05) is 0 Å². The van der Waals surface area contributed by atoms with Crippen molar-refractivity contribution in [2.45, 2.75) is 45.6 Å². The Bertz CT molecular complexity index is 470. The topological polar surface area (TPSA) is 66.4 Å². The highest BCUT2D eigenvalue weighted by Crippen LogP contribution is 2.14. The van der Waals surface area contributed by atoms with Crippen LogP contribution < -0.4 is 5.32 Å². The van der Waals surface area contributed by atoms with Crippen molar-refractivity contribution >= 4 is 11.9 Å². The summed E-state index contributed by atoms with van der Waals surface area (Å²) in [7, 11) is 0. The highest BCUT2D eigenvalue weighted by molar-refractivity contribution is 5.87. The maximum absolute atomic E-state index is 12.0. The number of aryl methyl sites for hydroxylation is 1. The van der Waals surface area contributed by atoms with E-state index < -0.39 is 11.5 Å². The molecule has 1 aromatic carbocycles. The molecular formula is C15H21NO3. The fraction of sp³-hybridized carbons (Fsp3) is 0.467. The predicted octanol–water partition coefficient (Wildman–Crippen LogP) is 2.30. The zero-order chi connectivity index (χ0) is 14.5. The van der Waals surface area contributed by atoms with Crippen LogP contribution >= 0.6 is 0 Å². The smallest absolute Gasteiger partial charge is 0.329 e. The number of carbonyl (C=O) groups excluding carboxylic acids is 1. The fourth-order valence-corrected chi connectivity index (χ4v) is 2.06. The fourth-order valence-electron chi connectivity index (χ4n) is 2.06. The molecule has 1 unspecified atom stereocenters. The van der Waals surface area contributed by atoms with E-state index in [-0.39, 0.29) is 12.3 Å². The second kappa shape index (κ2) is 6.36. The minimum Gasteiger partial charge on any atom is -0.480 e. The van der Waals surface area contributed by atoms with Crippen LogP contribution in [0, 0.1) is 6.92 Å². The van der Waals surface area contributed by atoms with Gasteiger partial charge in [0.25, 0.3) is 0 Å². The second-order valence-electron chi connectivity index (χ2n) is 5.04. The van der Waals surface area contributed by atoms with Gasteiger partial charge < -0.3 is 10.4 Å². The Labute approximate surface area is 113 Å². The molecule has 1 aromatic rings. The van der Waals surface area contributed by atoms with E-state index in [2.05, 4.69) is 5.32 Å². The zero-order valence-corrected chi connectivity index (χ0v) is 11.7. The van der Waals surface area contributed by atoms with Gasteiger partial charge in [-0.25, -0.2) is 4.79 Å². The summed E-state index contributed by atoms with van der Waals surface area (Å²) in [6.07, 6.45) is 1.33. The minimum atomic E-state index is -1.19. The molecule has 0 aliphatic heterocycles. The normalized spacial score (nSPS) is 13.6. The molecule has 0 aliphatic rings. The largest absolute Gasteiger partial charge is 0.480 e. The Morgan fingerprint density at radius 2 is 1.95 bits per heavy atom. The first-order valence-corrected chi connectivity index (χ1v) is 6.48. The third-order valence-electron chi connectivity index (χ3n) is 3.25. The molecule has 0 aromatic heterocycles. The van der Waals surface area contributed by atoms with E-state index in [0.717, 1.165) is 11.1 Å². The summed E-state index contributed by atoms with van der Waals surface area (Å²) in [5.41, 5.74) is 0.767. The van der Waals surface area contributed by atoms with E-state index >= 15 is 0 Å². The Kier molecular flexibility index (Phi) is 5.10. The number of hydrogen-bond acceptors (Lipinski definition) is 2. The molecule has 1 amide bonds.